The topological polar surface area (TPSA) is 115 Å². The summed E-state index contributed by atoms with van der Waals surface area (Å²) in [7, 11) is 0. The number of aliphatic hydroxyl groups is 2. The minimum absolute atomic E-state index is 0.0817. The van der Waals surface area contributed by atoms with E-state index >= 15 is 0 Å². The van der Waals surface area contributed by atoms with E-state index in [0.717, 1.165) is 0 Å². The van der Waals surface area contributed by atoms with Gasteiger partial charge in [0.15, 0.2) is 23.6 Å². The molecule has 1 aliphatic carbocycles. The van der Waals surface area contributed by atoms with Crippen molar-refractivity contribution in [2.45, 2.75) is 82.4 Å². The summed E-state index contributed by atoms with van der Waals surface area (Å²) in [6.07, 6.45) is -2.37. The number of epoxide rings is 1. The molecule has 0 amide bonds. The van der Waals surface area contributed by atoms with Crippen LogP contribution in [-0.2, 0) is 28.5 Å². The van der Waals surface area contributed by atoms with Crippen LogP contribution in [0.15, 0.2) is 23.8 Å². The highest BCUT2D eigenvalue weighted by atomic mass is 16.7. The summed E-state index contributed by atoms with van der Waals surface area (Å²) in [6.45, 7) is 10.6. The van der Waals surface area contributed by atoms with Gasteiger partial charge < -0.3 is 29.2 Å². The van der Waals surface area contributed by atoms with Crippen LogP contribution in [0.1, 0.15) is 40.5 Å². The van der Waals surface area contributed by atoms with Gasteiger partial charge in [-0.25, -0.2) is 9.59 Å². The lowest BCUT2D eigenvalue weighted by atomic mass is 9.72. The first-order chi connectivity index (χ1) is 13.0. The summed E-state index contributed by atoms with van der Waals surface area (Å²) in [5.41, 5.74) is -3.28. The van der Waals surface area contributed by atoms with Crippen LogP contribution in [0.2, 0.25) is 0 Å². The summed E-state index contributed by atoms with van der Waals surface area (Å²) >= 11 is 0. The number of carbonyl (C=O) groups excluding carboxylic acids is 2. The third kappa shape index (κ3) is 2.32. The van der Waals surface area contributed by atoms with Crippen molar-refractivity contribution in [1.29, 1.82) is 0 Å². The zero-order valence-electron chi connectivity index (χ0n) is 16.4. The predicted octanol–water partition coefficient (Wildman–Crippen LogP) is 0.752. The van der Waals surface area contributed by atoms with E-state index in [1.807, 2.05) is 6.08 Å². The maximum Gasteiger partial charge on any atom is 0.341 e. The molecule has 8 nitrogen and oxygen atoms in total. The smallest absolute Gasteiger partial charge is 0.341 e. The van der Waals surface area contributed by atoms with E-state index in [1.54, 1.807) is 27.7 Å². The molecule has 0 aromatic rings. The molecule has 0 unspecified atom stereocenters. The minimum Gasteiger partial charge on any atom is -0.455 e. The molecule has 8 atom stereocenters. The van der Waals surface area contributed by atoms with Gasteiger partial charge in [0.25, 0.3) is 0 Å². The molecule has 28 heavy (non-hydrogen) atoms. The molecule has 0 saturated carbocycles. The summed E-state index contributed by atoms with van der Waals surface area (Å²) in [4.78, 5) is 25.2. The van der Waals surface area contributed by atoms with E-state index in [4.69, 9.17) is 18.9 Å². The van der Waals surface area contributed by atoms with E-state index in [0.29, 0.717) is 18.4 Å². The number of aliphatic hydroxyl groups excluding tert-OH is 2. The Morgan fingerprint density at radius 3 is 2.57 bits per heavy atom. The van der Waals surface area contributed by atoms with Crippen LogP contribution < -0.4 is 0 Å². The number of esters is 2. The Kier molecular flexibility index (Phi) is 4.11. The Labute approximate surface area is 163 Å². The van der Waals surface area contributed by atoms with E-state index < -0.39 is 53.2 Å². The first-order valence-electron chi connectivity index (χ1n) is 9.48. The second kappa shape index (κ2) is 5.89. The average Bonchev–Trinajstić information content (AvgIpc) is 3.10. The molecular weight excluding hydrogens is 368 g/mol. The molecule has 4 aliphatic rings. The fourth-order valence-corrected chi connectivity index (χ4v) is 4.57. The summed E-state index contributed by atoms with van der Waals surface area (Å²) in [5, 5.41) is 21.7. The predicted molar refractivity (Wildman–Crippen MR) is 94.8 cm³/mol. The maximum absolute atomic E-state index is 12.8. The highest BCUT2D eigenvalue weighted by Crippen LogP contribution is 2.58. The fourth-order valence-electron chi connectivity index (χ4n) is 4.57. The van der Waals surface area contributed by atoms with Gasteiger partial charge in [0.05, 0.1) is 17.1 Å². The standard InChI is InChI=1S/C20H26O8/c1-9-7-6-8-18(4)15-20(28-16(18)23,10(2)14(22)26-15)13(12(9)21)25-17(24)19(5)11(3)27-19/h7,11-13,15-16,21,23H,2,6,8H2,1,3-5H3/b9-7-/t11-,12-,13-,15-,16-,18+,19-,20+/m1/s1. The van der Waals surface area contributed by atoms with E-state index in [9.17, 15) is 19.8 Å². The van der Waals surface area contributed by atoms with Crippen molar-refractivity contribution in [2.24, 2.45) is 5.41 Å². The Bertz CT molecular complexity index is 789. The summed E-state index contributed by atoms with van der Waals surface area (Å²) < 4.78 is 22.5. The summed E-state index contributed by atoms with van der Waals surface area (Å²) in [6, 6.07) is 0. The zero-order chi connectivity index (χ0) is 20.6. The molecular formula is C20H26O8. The lowest BCUT2D eigenvalue weighted by Crippen LogP contribution is -2.58. The van der Waals surface area contributed by atoms with Gasteiger partial charge in [-0.3, -0.25) is 0 Å². The van der Waals surface area contributed by atoms with Crippen LogP contribution in [-0.4, -0.2) is 64.1 Å². The average molecular weight is 394 g/mol. The lowest BCUT2D eigenvalue weighted by molar-refractivity contribution is -0.208. The number of carbonyl (C=O) groups is 2. The molecule has 3 heterocycles. The third-order valence-corrected chi connectivity index (χ3v) is 6.91. The lowest BCUT2D eigenvalue weighted by Gasteiger charge is -2.38. The molecule has 3 saturated heterocycles. The van der Waals surface area contributed by atoms with Gasteiger partial charge in [-0.15, -0.1) is 0 Å². The number of ether oxygens (including phenoxy) is 4. The first-order valence-corrected chi connectivity index (χ1v) is 9.48. The van der Waals surface area contributed by atoms with Crippen LogP contribution in [0.5, 0.6) is 0 Å². The number of hydrogen-bond acceptors (Lipinski definition) is 8. The molecule has 0 spiro atoms. The monoisotopic (exact) mass is 394 g/mol. The van der Waals surface area contributed by atoms with Gasteiger partial charge in [0.1, 0.15) is 12.2 Å². The molecule has 2 N–H and O–H groups in total. The fraction of sp³-hybridized carbons (Fsp3) is 0.700. The molecule has 4 rings (SSSR count). The van der Waals surface area contributed by atoms with Crippen molar-refractivity contribution < 1.29 is 38.7 Å². The van der Waals surface area contributed by atoms with Gasteiger partial charge in [-0.1, -0.05) is 19.6 Å². The quantitative estimate of drug-likeness (QED) is 0.305. The van der Waals surface area contributed by atoms with E-state index in [-0.39, 0.29) is 11.7 Å². The van der Waals surface area contributed by atoms with Gasteiger partial charge >= 0.3 is 11.9 Å². The molecule has 0 aromatic heterocycles. The van der Waals surface area contributed by atoms with Crippen LogP contribution in [0.4, 0.5) is 0 Å². The van der Waals surface area contributed by atoms with Crippen molar-refractivity contribution in [3.63, 3.8) is 0 Å². The maximum atomic E-state index is 12.8. The first kappa shape index (κ1) is 19.6. The highest BCUT2D eigenvalue weighted by Gasteiger charge is 2.74. The van der Waals surface area contributed by atoms with Gasteiger partial charge in [0, 0.05) is 0 Å². The minimum atomic E-state index is -1.69. The van der Waals surface area contributed by atoms with Crippen LogP contribution >= 0.6 is 0 Å². The van der Waals surface area contributed by atoms with Crippen molar-refractivity contribution in [3.05, 3.63) is 23.8 Å². The summed E-state index contributed by atoms with van der Waals surface area (Å²) in [5.74, 6) is -1.37. The third-order valence-electron chi connectivity index (χ3n) is 6.91. The Hall–Kier alpha value is -1.74. The van der Waals surface area contributed by atoms with E-state index in [2.05, 4.69) is 6.58 Å². The van der Waals surface area contributed by atoms with Gasteiger partial charge in [0.2, 0.25) is 0 Å². The largest absolute Gasteiger partial charge is 0.455 e. The SMILES string of the molecule is C=C1C(=O)O[C@@H]2[C@]3(C)CC/C=C(/C)[C@@H](O)[C@@H](OC(=O)[C@]4(C)O[C@@H]4C)[C@@]12O[C@H]3O. The van der Waals surface area contributed by atoms with Crippen LogP contribution in [0, 0.1) is 5.41 Å². The molecule has 0 aromatic carbocycles. The molecule has 3 aliphatic heterocycles. The van der Waals surface area contributed by atoms with Gasteiger partial charge in [-0.2, -0.15) is 0 Å². The van der Waals surface area contributed by atoms with Crippen LogP contribution in [0.25, 0.3) is 0 Å². The Morgan fingerprint density at radius 2 is 1.96 bits per heavy atom. The second-order valence-electron chi connectivity index (χ2n) is 8.66. The second-order valence-corrected chi connectivity index (χ2v) is 8.66. The van der Waals surface area contributed by atoms with E-state index in [1.165, 1.54) is 0 Å². The van der Waals surface area contributed by atoms with Crippen molar-refractivity contribution in [1.82, 2.24) is 0 Å². The molecule has 3 fully saturated rings. The number of allylic oxidation sites excluding steroid dienone is 1. The van der Waals surface area contributed by atoms with Gasteiger partial charge in [-0.05, 0) is 39.2 Å². The Morgan fingerprint density at radius 1 is 1.32 bits per heavy atom. The number of rotatable bonds is 2. The van der Waals surface area contributed by atoms with Crippen molar-refractivity contribution >= 4 is 11.9 Å². The van der Waals surface area contributed by atoms with Crippen LogP contribution in [0.3, 0.4) is 0 Å². The highest BCUT2D eigenvalue weighted by molar-refractivity contribution is 5.94. The Balaban J connectivity index is 1.83. The van der Waals surface area contributed by atoms with Crippen molar-refractivity contribution in [2.75, 3.05) is 0 Å². The zero-order valence-corrected chi connectivity index (χ0v) is 16.4. The normalized spacial score (nSPS) is 51.9. The molecule has 154 valence electrons. The van der Waals surface area contributed by atoms with Crippen molar-refractivity contribution in [3.8, 4) is 0 Å². The number of hydrogen-bond donors (Lipinski definition) is 2. The molecule has 0 radical (unpaired) electrons. The molecule has 8 heteroatoms. The molecule has 2 bridgehead atoms.